The molecule has 8 nitrogen and oxygen atoms in total. The lowest BCUT2D eigenvalue weighted by atomic mass is 9.77. The Kier molecular flexibility index (Phi) is 5.51. The second kappa shape index (κ2) is 8.39. The van der Waals surface area contributed by atoms with Crippen molar-refractivity contribution in [3.05, 3.63) is 65.2 Å². The number of fused-ring (bicyclic) bond motifs is 2. The summed E-state index contributed by atoms with van der Waals surface area (Å²) >= 11 is 0. The average Bonchev–Trinajstić information content (AvgIpc) is 3.47. The molecule has 1 saturated heterocycles. The molecule has 5 rings (SSSR count). The molecular formula is C23H24F3N7O. The van der Waals surface area contributed by atoms with E-state index >= 15 is 0 Å². The molecule has 1 amide bonds. The van der Waals surface area contributed by atoms with Crippen molar-refractivity contribution in [2.45, 2.75) is 38.0 Å². The van der Waals surface area contributed by atoms with E-state index in [0.29, 0.717) is 31.7 Å². The fourth-order valence-corrected chi connectivity index (χ4v) is 4.74. The van der Waals surface area contributed by atoms with E-state index in [0.717, 1.165) is 22.5 Å². The number of nitrogens with one attached hydrogen (secondary N) is 2. The highest BCUT2D eigenvalue weighted by molar-refractivity contribution is 6.03. The number of nitrogens with zero attached hydrogens (tertiary/aromatic N) is 5. The van der Waals surface area contributed by atoms with Crippen LogP contribution in [0, 0.1) is 6.92 Å². The van der Waals surface area contributed by atoms with Gasteiger partial charge in [-0.05, 0) is 31.5 Å². The molecule has 4 heterocycles. The van der Waals surface area contributed by atoms with Gasteiger partial charge < -0.3 is 10.2 Å². The first-order valence-electron chi connectivity index (χ1n) is 11.0. The molecular weight excluding hydrogens is 447 g/mol. The number of benzene rings is 1. The molecule has 1 spiro atoms. The Balaban J connectivity index is 1.51. The van der Waals surface area contributed by atoms with Crippen LogP contribution in [-0.4, -0.2) is 56.8 Å². The lowest BCUT2D eigenvalue weighted by Crippen LogP contribution is -2.53. The molecule has 1 aromatic carbocycles. The SMILES string of the molecule is Cc1ccc(N2Cc3cnc(NCC(F)(F)F)nc3C3(CCN(Cc4ccn[nH]4)C3)C2=O)cc1. The van der Waals surface area contributed by atoms with Crippen molar-refractivity contribution in [1.29, 1.82) is 0 Å². The number of carbonyl (C=O) groups excluding carboxylic acids is 1. The third kappa shape index (κ3) is 4.23. The summed E-state index contributed by atoms with van der Waals surface area (Å²) in [5.74, 6) is -0.226. The number of amides is 1. The number of likely N-dealkylation sites (tertiary alicyclic amines) is 1. The number of aromatic amines is 1. The summed E-state index contributed by atoms with van der Waals surface area (Å²) in [6.45, 7) is 2.62. The molecule has 1 fully saturated rings. The largest absolute Gasteiger partial charge is 0.405 e. The first-order chi connectivity index (χ1) is 16.2. The van der Waals surface area contributed by atoms with Crippen LogP contribution in [0.15, 0.2) is 42.7 Å². The number of hydrogen-bond donors (Lipinski definition) is 2. The number of rotatable bonds is 5. The highest BCUT2D eigenvalue weighted by Gasteiger charge is 2.53. The monoisotopic (exact) mass is 471 g/mol. The molecule has 34 heavy (non-hydrogen) atoms. The smallest absolute Gasteiger partial charge is 0.345 e. The minimum Gasteiger partial charge on any atom is -0.345 e. The van der Waals surface area contributed by atoms with Gasteiger partial charge in [-0.15, -0.1) is 0 Å². The summed E-state index contributed by atoms with van der Waals surface area (Å²) < 4.78 is 38.2. The van der Waals surface area contributed by atoms with Gasteiger partial charge in [-0.3, -0.25) is 14.8 Å². The van der Waals surface area contributed by atoms with Crippen LogP contribution in [0.25, 0.3) is 0 Å². The molecule has 0 radical (unpaired) electrons. The van der Waals surface area contributed by atoms with Crippen LogP contribution in [-0.2, 0) is 23.3 Å². The highest BCUT2D eigenvalue weighted by atomic mass is 19.4. The zero-order valence-electron chi connectivity index (χ0n) is 18.6. The summed E-state index contributed by atoms with van der Waals surface area (Å²) in [6.07, 6.45) is -0.685. The maximum Gasteiger partial charge on any atom is 0.405 e. The predicted octanol–water partition coefficient (Wildman–Crippen LogP) is 3.17. The molecule has 0 aliphatic carbocycles. The van der Waals surface area contributed by atoms with Gasteiger partial charge in [0.15, 0.2) is 0 Å². The molecule has 3 aromatic rings. The topological polar surface area (TPSA) is 90.0 Å². The maximum absolute atomic E-state index is 14.0. The van der Waals surface area contributed by atoms with Crippen molar-refractivity contribution < 1.29 is 18.0 Å². The van der Waals surface area contributed by atoms with Crippen molar-refractivity contribution in [2.24, 2.45) is 0 Å². The molecule has 2 N–H and O–H groups in total. The lowest BCUT2D eigenvalue weighted by Gasteiger charge is -2.40. The van der Waals surface area contributed by atoms with E-state index in [1.165, 1.54) is 6.20 Å². The number of carbonyl (C=O) groups is 1. The number of alkyl halides is 3. The molecule has 178 valence electrons. The number of H-pyrrole nitrogens is 1. The van der Waals surface area contributed by atoms with E-state index in [9.17, 15) is 18.0 Å². The summed E-state index contributed by atoms with van der Waals surface area (Å²) in [7, 11) is 0. The summed E-state index contributed by atoms with van der Waals surface area (Å²) in [5.41, 5.74) is 3.04. The van der Waals surface area contributed by atoms with E-state index in [-0.39, 0.29) is 18.4 Å². The highest BCUT2D eigenvalue weighted by Crippen LogP contribution is 2.43. The zero-order valence-corrected chi connectivity index (χ0v) is 18.6. The molecule has 2 aromatic heterocycles. The number of aromatic nitrogens is 4. The predicted molar refractivity (Wildman–Crippen MR) is 119 cm³/mol. The first-order valence-corrected chi connectivity index (χ1v) is 11.0. The van der Waals surface area contributed by atoms with E-state index in [1.807, 2.05) is 37.3 Å². The summed E-state index contributed by atoms with van der Waals surface area (Å²) in [4.78, 5) is 26.4. The van der Waals surface area contributed by atoms with Crippen molar-refractivity contribution in [2.75, 3.05) is 29.9 Å². The Morgan fingerprint density at radius 1 is 1.21 bits per heavy atom. The van der Waals surface area contributed by atoms with Gasteiger partial charge in [0.1, 0.15) is 12.0 Å². The van der Waals surface area contributed by atoms with Gasteiger partial charge in [0.05, 0.1) is 12.2 Å². The normalized spacial score (nSPS) is 20.7. The van der Waals surface area contributed by atoms with Gasteiger partial charge >= 0.3 is 6.18 Å². The van der Waals surface area contributed by atoms with Crippen LogP contribution in [0.5, 0.6) is 0 Å². The van der Waals surface area contributed by atoms with Crippen LogP contribution in [0.4, 0.5) is 24.8 Å². The summed E-state index contributed by atoms with van der Waals surface area (Å²) in [6, 6.07) is 9.59. The van der Waals surface area contributed by atoms with Crippen molar-refractivity contribution in [3.63, 3.8) is 0 Å². The maximum atomic E-state index is 14.0. The fourth-order valence-electron chi connectivity index (χ4n) is 4.74. The van der Waals surface area contributed by atoms with Gasteiger partial charge in [0.25, 0.3) is 0 Å². The molecule has 0 bridgehead atoms. The number of anilines is 2. The van der Waals surface area contributed by atoms with Crippen LogP contribution < -0.4 is 10.2 Å². The van der Waals surface area contributed by atoms with Crippen LogP contribution in [0.3, 0.4) is 0 Å². The Morgan fingerprint density at radius 2 is 2.00 bits per heavy atom. The Hall–Kier alpha value is -3.47. The van der Waals surface area contributed by atoms with Crippen LogP contribution in [0.1, 0.15) is 28.9 Å². The van der Waals surface area contributed by atoms with E-state index in [4.69, 9.17) is 0 Å². The average molecular weight is 471 g/mol. The fraction of sp³-hybridized carbons (Fsp3) is 0.391. The van der Waals surface area contributed by atoms with Crippen LogP contribution in [0.2, 0.25) is 0 Å². The standard InChI is InChI=1S/C23H24F3N7O/c1-15-2-4-18(5-3-15)33-11-16-10-27-21(28-13-23(24,25)26)30-19(16)22(20(33)34)7-9-32(14-22)12-17-6-8-29-31-17/h2-6,8,10H,7,9,11-14H2,1H3,(H,29,31)(H,27,28,30). The Labute approximate surface area is 194 Å². The quantitative estimate of drug-likeness (QED) is 0.594. The Bertz CT molecular complexity index is 1180. The molecule has 0 saturated carbocycles. The second-order valence-corrected chi connectivity index (χ2v) is 8.89. The third-order valence-corrected chi connectivity index (χ3v) is 6.39. The van der Waals surface area contributed by atoms with Crippen molar-refractivity contribution >= 4 is 17.5 Å². The molecule has 11 heteroatoms. The third-order valence-electron chi connectivity index (χ3n) is 6.39. The van der Waals surface area contributed by atoms with Gasteiger partial charge in [0, 0.05) is 49.0 Å². The molecule has 1 atom stereocenters. The van der Waals surface area contributed by atoms with E-state index < -0.39 is 18.1 Å². The molecule has 2 aliphatic rings. The Morgan fingerprint density at radius 3 is 2.71 bits per heavy atom. The van der Waals surface area contributed by atoms with Crippen molar-refractivity contribution in [1.82, 2.24) is 25.1 Å². The van der Waals surface area contributed by atoms with E-state index in [1.54, 1.807) is 11.1 Å². The minimum absolute atomic E-state index is 0.101. The zero-order chi connectivity index (χ0) is 23.9. The van der Waals surface area contributed by atoms with Gasteiger partial charge in [-0.2, -0.15) is 18.3 Å². The lowest BCUT2D eigenvalue weighted by molar-refractivity contribution is -0.124. The molecule has 1 unspecified atom stereocenters. The van der Waals surface area contributed by atoms with Crippen molar-refractivity contribution in [3.8, 4) is 0 Å². The first kappa shape index (κ1) is 22.3. The number of halogens is 3. The van der Waals surface area contributed by atoms with E-state index in [2.05, 4.69) is 30.4 Å². The number of aryl methyl sites for hydroxylation is 1. The van der Waals surface area contributed by atoms with Crippen LogP contribution >= 0.6 is 0 Å². The summed E-state index contributed by atoms with van der Waals surface area (Å²) in [5, 5.41) is 9.17. The van der Waals surface area contributed by atoms with Gasteiger partial charge in [-0.1, -0.05) is 17.7 Å². The van der Waals surface area contributed by atoms with Gasteiger partial charge in [-0.25, -0.2) is 9.97 Å². The number of hydrogen-bond acceptors (Lipinski definition) is 6. The van der Waals surface area contributed by atoms with Gasteiger partial charge in [0.2, 0.25) is 11.9 Å². The molecule has 2 aliphatic heterocycles. The second-order valence-electron chi connectivity index (χ2n) is 8.89. The minimum atomic E-state index is -4.40.